The maximum atomic E-state index is 5.69. The summed E-state index contributed by atoms with van der Waals surface area (Å²) in [4.78, 5) is 2.44. The van der Waals surface area contributed by atoms with Crippen LogP contribution in [0.1, 0.15) is 19.4 Å². The van der Waals surface area contributed by atoms with Crippen LogP contribution < -0.4 is 4.74 Å². The van der Waals surface area contributed by atoms with Crippen LogP contribution in [-0.2, 0) is 6.54 Å². The molecule has 0 spiro atoms. The molecular weight excluding hydrogens is 174 g/mol. The highest BCUT2D eigenvalue weighted by molar-refractivity contribution is 5.33. The Morgan fingerprint density at radius 1 is 1.29 bits per heavy atom. The van der Waals surface area contributed by atoms with Crippen molar-refractivity contribution in [2.24, 2.45) is 0 Å². The second kappa shape index (κ2) is 4.01. The largest absolute Gasteiger partial charge is 0.492 e. The van der Waals surface area contributed by atoms with E-state index < -0.39 is 0 Å². The molecule has 0 radical (unpaired) electrons. The summed E-state index contributed by atoms with van der Waals surface area (Å²) in [5.41, 5.74) is 1.30. The molecule has 0 unspecified atom stereocenters. The molecule has 0 atom stereocenters. The monoisotopic (exact) mass is 191 g/mol. The van der Waals surface area contributed by atoms with Crippen molar-refractivity contribution in [2.45, 2.75) is 26.4 Å². The Balaban J connectivity index is 2.22. The first kappa shape index (κ1) is 9.53. The third-order valence-electron chi connectivity index (χ3n) is 2.71. The van der Waals surface area contributed by atoms with Crippen molar-refractivity contribution in [1.29, 1.82) is 0 Å². The Morgan fingerprint density at radius 3 is 2.86 bits per heavy atom. The summed E-state index contributed by atoms with van der Waals surface area (Å²) >= 11 is 0. The van der Waals surface area contributed by atoms with E-state index in [1.165, 1.54) is 5.56 Å². The van der Waals surface area contributed by atoms with Crippen LogP contribution in [0.2, 0.25) is 0 Å². The van der Waals surface area contributed by atoms with Gasteiger partial charge in [-0.15, -0.1) is 0 Å². The van der Waals surface area contributed by atoms with Crippen molar-refractivity contribution in [3.8, 4) is 5.75 Å². The van der Waals surface area contributed by atoms with E-state index in [1.807, 2.05) is 6.07 Å². The van der Waals surface area contributed by atoms with Crippen LogP contribution >= 0.6 is 0 Å². The highest BCUT2D eigenvalue weighted by atomic mass is 16.5. The van der Waals surface area contributed by atoms with E-state index in [-0.39, 0.29) is 0 Å². The molecule has 1 heterocycles. The van der Waals surface area contributed by atoms with Gasteiger partial charge in [-0.05, 0) is 19.9 Å². The molecule has 2 nitrogen and oxygen atoms in total. The van der Waals surface area contributed by atoms with Gasteiger partial charge in [-0.3, -0.25) is 4.90 Å². The van der Waals surface area contributed by atoms with Gasteiger partial charge >= 0.3 is 0 Å². The first-order chi connectivity index (χ1) is 6.77. The van der Waals surface area contributed by atoms with Gasteiger partial charge in [-0.2, -0.15) is 0 Å². The number of benzene rings is 1. The van der Waals surface area contributed by atoms with Crippen LogP contribution in [0.25, 0.3) is 0 Å². The molecule has 1 aliphatic heterocycles. The molecule has 0 amide bonds. The van der Waals surface area contributed by atoms with E-state index in [9.17, 15) is 0 Å². The molecular formula is C12H17NO. The first-order valence-electron chi connectivity index (χ1n) is 5.22. The van der Waals surface area contributed by atoms with E-state index in [2.05, 4.69) is 36.9 Å². The molecule has 76 valence electrons. The fraction of sp³-hybridized carbons (Fsp3) is 0.500. The van der Waals surface area contributed by atoms with Gasteiger partial charge in [0.05, 0.1) is 0 Å². The number of hydrogen-bond donors (Lipinski definition) is 0. The minimum Gasteiger partial charge on any atom is -0.492 e. The standard InChI is InChI=1S/C12H17NO/c1-10(2)13-7-8-14-12-6-4-3-5-11(12)9-13/h3-6,10H,7-9H2,1-2H3. The Bertz CT molecular complexity index is 309. The molecule has 0 fully saturated rings. The summed E-state index contributed by atoms with van der Waals surface area (Å²) < 4.78 is 5.69. The Kier molecular flexibility index (Phi) is 2.73. The van der Waals surface area contributed by atoms with Gasteiger partial charge in [0, 0.05) is 24.7 Å². The molecule has 1 aromatic rings. The van der Waals surface area contributed by atoms with Crippen LogP contribution in [0.3, 0.4) is 0 Å². The van der Waals surface area contributed by atoms with Crippen molar-refractivity contribution >= 4 is 0 Å². The molecule has 2 rings (SSSR count). The second-order valence-corrected chi connectivity index (χ2v) is 4.02. The third kappa shape index (κ3) is 1.90. The molecule has 0 N–H and O–H groups in total. The number of para-hydroxylation sites is 1. The molecule has 0 saturated heterocycles. The maximum absolute atomic E-state index is 5.69. The van der Waals surface area contributed by atoms with Gasteiger partial charge in [0.25, 0.3) is 0 Å². The number of fused-ring (bicyclic) bond motifs is 1. The van der Waals surface area contributed by atoms with Crippen LogP contribution in [-0.4, -0.2) is 24.1 Å². The lowest BCUT2D eigenvalue weighted by molar-refractivity contribution is 0.189. The lowest BCUT2D eigenvalue weighted by Crippen LogP contribution is -2.32. The highest BCUT2D eigenvalue weighted by Gasteiger charge is 2.16. The van der Waals surface area contributed by atoms with Crippen molar-refractivity contribution in [3.05, 3.63) is 29.8 Å². The van der Waals surface area contributed by atoms with Crippen molar-refractivity contribution < 1.29 is 4.74 Å². The van der Waals surface area contributed by atoms with Crippen molar-refractivity contribution in [1.82, 2.24) is 4.90 Å². The Morgan fingerprint density at radius 2 is 2.07 bits per heavy atom. The van der Waals surface area contributed by atoms with E-state index in [1.54, 1.807) is 0 Å². The summed E-state index contributed by atoms with van der Waals surface area (Å²) in [7, 11) is 0. The second-order valence-electron chi connectivity index (χ2n) is 4.02. The van der Waals surface area contributed by atoms with E-state index in [0.717, 1.165) is 25.4 Å². The normalized spacial score (nSPS) is 17.4. The lowest BCUT2D eigenvalue weighted by Gasteiger charge is -2.23. The summed E-state index contributed by atoms with van der Waals surface area (Å²) in [6.45, 7) is 7.29. The zero-order valence-electron chi connectivity index (χ0n) is 8.86. The highest BCUT2D eigenvalue weighted by Crippen LogP contribution is 2.23. The summed E-state index contributed by atoms with van der Waals surface area (Å²) in [6.07, 6.45) is 0. The number of ether oxygens (including phenoxy) is 1. The van der Waals surface area contributed by atoms with E-state index in [0.29, 0.717) is 6.04 Å². The van der Waals surface area contributed by atoms with Crippen molar-refractivity contribution in [2.75, 3.05) is 13.2 Å². The predicted octanol–water partition coefficient (Wildman–Crippen LogP) is 2.29. The predicted molar refractivity (Wildman–Crippen MR) is 57.5 cm³/mol. The topological polar surface area (TPSA) is 12.5 Å². The quantitative estimate of drug-likeness (QED) is 0.675. The average molecular weight is 191 g/mol. The Labute approximate surface area is 85.5 Å². The zero-order chi connectivity index (χ0) is 9.97. The first-order valence-corrected chi connectivity index (χ1v) is 5.22. The maximum Gasteiger partial charge on any atom is 0.123 e. The minimum atomic E-state index is 0.588. The van der Waals surface area contributed by atoms with Crippen LogP contribution in [0.5, 0.6) is 5.75 Å². The van der Waals surface area contributed by atoms with Gasteiger partial charge in [0.1, 0.15) is 12.4 Å². The van der Waals surface area contributed by atoms with Gasteiger partial charge < -0.3 is 4.74 Å². The fourth-order valence-electron chi connectivity index (χ4n) is 1.79. The third-order valence-corrected chi connectivity index (χ3v) is 2.71. The SMILES string of the molecule is CC(C)N1CCOc2ccccc2C1. The van der Waals surface area contributed by atoms with Crippen molar-refractivity contribution in [3.63, 3.8) is 0 Å². The molecule has 14 heavy (non-hydrogen) atoms. The number of nitrogens with zero attached hydrogens (tertiary/aromatic N) is 1. The number of rotatable bonds is 1. The van der Waals surface area contributed by atoms with Gasteiger partial charge in [0.15, 0.2) is 0 Å². The fourth-order valence-corrected chi connectivity index (χ4v) is 1.79. The van der Waals surface area contributed by atoms with Crippen LogP contribution in [0, 0.1) is 0 Å². The minimum absolute atomic E-state index is 0.588. The van der Waals surface area contributed by atoms with Gasteiger partial charge in [-0.1, -0.05) is 18.2 Å². The van der Waals surface area contributed by atoms with Gasteiger partial charge in [0.2, 0.25) is 0 Å². The molecule has 0 saturated carbocycles. The molecule has 1 aromatic carbocycles. The Hall–Kier alpha value is -1.02. The average Bonchev–Trinajstić information content (AvgIpc) is 2.39. The van der Waals surface area contributed by atoms with Gasteiger partial charge in [-0.25, -0.2) is 0 Å². The molecule has 0 aliphatic carbocycles. The van der Waals surface area contributed by atoms with E-state index >= 15 is 0 Å². The van der Waals surface area contributed by atoms with E-state index in [4.69, 9.17) is 4.74 Å². The van der Waals surface area contributed by atoms with Crippen LogP contribution in [0.4, 0.5) is 0 Å². The molecule has 1 aliphatic rings. The smallest absolute Gasteiger partial charge is 0.123 e. The molecule has 2 heteroatoms. The van der Waals surface area contributed by atoms with Crippen LogP contribution in [0.15, 0.2) is 24.3 Å². The zero-order valence-corrected chi connectivity index (χ0v) is 8.86. The molecule has 0 aromatic heterocycles. The summed E-state index contributed by atoms with van der Waals surface area (Å²) in [5.74, 6) is 1.05. The lowest BCUT2D eigenvalue weighted by atomic mass is 10.2. The summed E-state index contributed by atoms with van der Waals surface area (Å²) in [5, 5.41) is 0. The molecule has 0 bridgehead atoms. The summed E-state index contributed by atoms with van der Waals surface area (Å²) in [6, 6.07) is 8.90. The number of hydrogen-bond acceptors (Lipinski definition) is 2.